The Bertz CT molecular complexity index is 393. The molecule has 0 radical (unpaired) electrons. The van der Waals surface area contributed by atoms with Crippen molar-refractivity contribution >= 4 is 35.6 Å². The van der Waals surface area contributed by atoms with Crippen LogP contribution in [0.5, 0.6) is 0 Å². The third-order valence-electron chi connectivity index (χ3n) is 2.72. The summed E-state index contributed by atoms with van der Waals surface area (Å²) in [5, 5.41) is 3.52. The fourth-order valence-corrected chi connectivity index (χ4v) is 1.70. The van der Waals surface area contributed by atoms with Crippen molar-refractivity contribution in [3.63, 3.8) is 0 Å². The molecule has 0 aromatic heterocycles. The van der Waals surface area contributed by atoms with Crippen molar-refractivity contribution in [3.05, 3.63) is 28.8 Å². The van der Waals surface area contributed by atoms with Crippen LogP contribution in [0, 0.1) is 6.92 Å². The van der Waals surface area contributed by atoms with Gasteiger partial charge in [-0.25, -0.2) is 0 Å². The third-order valence-corrected chi connectivity index (χ3v) is 3.12. The van der Waals surface area contributed by atoms with E-state index >= 15 is 0 Å². The van der Waals surface area contributed by atoms with Crippen LogP contribution in [0.2, 0.25) is 5.02 Å². The molecule has 102 valence electrons. The van der Waals surface area contributed by atoms with Crippen LogP contribution < -0.4 is 5.32 Å². The van der Waals surface area contributed by atoms with Gasteiger partial charge in [0.2, 0.25) is 5.91 Å². The Kier molecular flexibility index (Phi) is 8.00. The second kappa shape index (κ2) is 8.35. The highest BCUT2D eigenvalue weighted by molar-refractivity contribution is 6.31. The van der Waals surface area contributed by atoms with Crippen molar-refractivity contribution in [2.24, 2.45) is 0 Å². The number of amides is 1. The molecule has 0 aliphatic rings. The topological polar surface area (TPSA) is 32.3 Å². The van der Waals surface area contributed by atoms with Gasteiger partial charge in [-0.15, -0.1) is 12.4 Å². The van der Waals surface area contributed by atoms with E-state index in [0.717, 1.165) is 24.3 Å². The van der Waals surface area contributed by atoms with Gasteiger partial charge < -0.3 is 5.32 Å². The van der Waals surface area contributed by atoms with E-state index in [1.165, 1.54) is 0 Å². The molecule has 1 rings (SSSR count). The maximum Gasteiger partial charge on any atom is 0.238 e. The number of likely N-dealkylation sites (N-methyl/N-ethyl adjacent to an activating group) is 1. The quantitative estimate of drug-likeness (QED) is 0.902. The summed E-state index contributed by atoms with van der Waals surface area (Å²) < 4.78 is 0. The molecule has 5 heteroatoms. The Morgan fingerprint density at radius 1 is 1.33 bits per heavy atom. The number of rotatable bonds is 5. The van der Waals surface area contributed by atoms with Gasteiger partial charge in [0.1, 0.15) is 0 Å². The maximum absolute atomic E-state index is 11.7. The summed E-state index contributed by atoms with van der Waals surface area (Å²) in [5.41, 5.74) is 1.76. The third kappa shape index (κ3) is 5.25. The summed E-state index contributed by atoms with van der Waals surface area (Å²) in [7, 11) is 0. The van der Waals surface area contributed by atoms with Crippen LogP contribution in [0.25, 0.3) is 0 Å². The molecular weight excluding hydrogens is 271 g/mol. The molecule has 3 nitrogen and oxygen atoms in total. The Labute approximate surface area is 120 Å². The van der Waals surface area contributed by atoms with Gasteiger partial charge in [0.25, 0.3) is 0 Å². The Balaban J connectivity index is 0.00000289. The van der Waals surface area contributed by atoms with Crippen LogP contribution in [0.1, 0.15) is 19.4 Å². The zero-order valence-corrected chi connectivity index (χ0v) is 12.6. The highest BCUT2D eigenvalue weighted by atomic mass is 35.5. The molecule has 0 heterocycles. The first-order valence-corrected chi connectivity index (χ1v) is 6.23. The fraction of sp³-hybridized carbons (Fsp3) is 0.462. The van der Waals surface area contributed by atoms with E-state index in [9.17, 15) is 4.79 Å². The van der Waals surface area contributed by atoms with Crippen molar-refractivity contribution in [2.45, 2.75) is 20.8 Å². The van der Waals surface area contributed by atoms with Crippen molar-refractivity contribution in [3.8, 4) is 0 Å². The van der Waals surface area contributed by atoms with E-state index in [1.807, 2.05) is 32.9 Å². The number of carbonyl (C=O) groups excluding carboxylic acids is 1. The van der Waals surface area contributed by atoms with Crippen LogP contribution in [-0.2, 0) is 4.79 Å². The first-order chi connectivity index (χ1) is 8.06. The van der Waals surface area contributed by atoms with Crippen LogP contribution in [-0.4, -0.2) is 30.4 Å². The molecule has 1 aromatic carbocycles. The van der Waals surface area contributed by atoms with E-state index in [0.29, 0.717) is 11.6 Å². The lowest BCUT2D eigenvalue weighted by atomic mass is 10.2. The number of benzene rings is 1. The van der Waals surface area contributed by atoms with Gasteiger partial charge in [0.15, 0.2) is 0 Å². The van der Waals surface area contributed by atoms with Gasteiger partial charge in [-0.1, -0.05) is 31.5 Å². The molecule has 18 heavy (non-hydrogen) atoms. The summed E-state index contributed by atoms with van der Waals surface area (Å²) in [6.45, 7) is 8.18. The van der Waals surface area contributed by atoms with Crippen molar-refractivity contribution in [1.82, 2.24) is 4.90 Å². The zero-order valence-electron chi connectivity index (χ0n) is 11.0. The molecule has 0 fully saturated rings. The van der Waals surface area contributed by atoms with Gasteiger partial charge >= 0.3 is 0 Å². The molecular formula is C13H20Cl2N2O. The second-order valence-electron chi connectivity index (χ2n) is 3.97. The highest BCUT2D eigenvalue weighted by Crippen LogP contribution is 2.19. The van der Waals surface area contributed by atoms with E-state index in [4.69, 9.17) is 11.6 Å². The molecule has 1 N–H and O–H groups in total. The molecule has 0 aliphatic carbocycles. The summed E-state index contributed by atoms with van der Waals surface area (Å²) in [5.74, 6) is -0.00591. The van der Waals surface area contributed by atoms with Crippen LogP contribution in [0.4, 0.5) is 5.69 Å². The first-order valence-electron chi connectivity index (χ1n) is 5.85. The number of carbonyl (C=O) groups is 1. The van der Waals surface area contributed by atoms with Crippen LogP contribution in [0.15, 0.2) is 18.2 Å². The lowest BCUT2D eigenvalue weighted by Gasteiger charge is -2.17. The fourth-order valence-electron chi connectivity index (χ4n) is 1.52. The molecule has 0 aliphatic heterocycles. The smallest absolute Gasteiger partial charge is 0.238 e. The number of anilines is 1. The van der Waals surface area contributed by atoms with Gasteiger partial charge in [0.05, 0.1) is 6.54 Å². The standard InChI is InChI=1S/C13H19ClN2O.ClH/c1-4-16(5-2)9-13(17)15-11-7-6-10(3)12(14)8-11;/h6-8H,4-5,9H2,1-3H3,(H,15,17);1H. The normalized spacial score (nSPS) is 10.1. The first kappa shape index (κ1) is 17.2. The lowest BCUT2D eigenvalue weighted by Crippen LogP contribution is -2.32. The molecule has 0 spiro atoms. The monoisotopic (exact) mass is 290 g/mol. The Morgan fingerprint density at radius 3 is 2.44 bits per heavy atom. The predicted molar refractivity (Wildman–Crippen MR) is 79.9 cm³/mol. The molecule has 0 unspecified atom stereocenters. The van der Waals surface area contributed by atoms with E-state index < -0.39 is 0 Å². The van der Waals surface area contributed by atoms with E-state index in [1.54, 1.807) is 6.07 Å². The van der Waals surface area contributed by atoms with E-state index in [2.05, 4.69) is 10.2 Å². The van der Waals surface area contributed by atoms with Gasteiger partial charge in [-0.05, 0) is 37.7 Å². The molecule has 1 amide bonds. The molecule has 0 bridgehead atoms. The van der Waals surface area contributed by atoms with Gasteiger partial charge in [-0.3, -0.25) is 9.69 Å². The second-order valence-corrected chi connectivity index (χ2v) is 4.38. The predicted octanol–water partition coefficient (Wildman–Crippen LogP) is 3.35. The number of nitrogens with zero attached hydrogens (tertiary/aromatic N) is 1. The van der Waals surface area contributed by atoms with Crippen LogP contribution in [0.3, 0.4) is 0 Å². The largest absolute Gasteiger partial charge is 0.325 e. The Hall–Kier alpha value is -0.770. The molecule has 1 aromatic rings. The minimum absolute atomic E-state index is 0. The van der Waals surface area contributed by atoms with Crippen molar-refractivity contribution < 1.29 is 4.79 Å². The summed E-state index contributed by atoms with van der Waals surface area (Å²) in [6.07, 6.45) is 0. The minimum Gasteiger partial charge on any atom is -0.325 e. The number of halogens is 2. The van der Waals surface area contributed by atoms with Crippen LogP contribution >= 0.6 is 24.0 Å². The van der Waals surface area contributed by atoms with E-state index in [-0.39, 0.29) is 18.3 Å². The summed E-state index contributed by atoms with van der Waals surface area (Å²) in [6, 6.07) is 5.54. The maximum atomic E-state index is 11.7. The molecule has 0 saturated carbocycles. The zero-order chi connectivity index (χ0) is 12.8. The lowest BCUT2D eigenvalue weighted by molar-refractivity contribution is -0.117. The number of hydrogen-bond acceptors (Lipinski definition) is 2. The summed E-state index contributed by atoms with van der Waals surface area (Å²) in [4.78, 5) is 13.8. The summed E-state index contributed by atoms with van der Waals surface area (Å²) >= 11 is 6.00. The highest BCUT2D eigenvalue weighted by Gasteiger charge is 2.07. The number of nitrogens with one attached hydrogen (secondary N) is 1. The van der Waals surface area contributed by atoms with Gasteiger partial charge in [0, 0.05) is 10.7 Å². The average molecular weight is 291 g/mol. The van der Waals surface area contributed by atoms with Crippen molar-refractivity contribution in [2.75, 3.05) is 25.0 Å². The minimum atomic E-state index is -0.00591. The average Bonchev–Trinajstić information content (AvgIpc) is 2.31. The SMILES string of the molecule is CCN(CC)CC(=O)Nc1ccc(C)c(Cl)c1.Cl. The molecule has 0 atom stereocenters. The molecule has 0 saturated heterocycles. The van der Waals surface area contributed by atoms with Gasteiger partial charge in [-0.2, -0.15) is 0 Å². The van der Waals surface area contributed by atoms with Crippen molar-refractivity contribution in [1.29, 1.82) is 0 Å². The number of hydrogen-bond donors (Lipinski definition) is 1. The number of aryl methyl sites for hydroxylation is 1. The Morgan fingerprint density at radius 2 is 1.94 bits per heavy atom.